The number of amides is 3. The number of carbonyl (C=O) groups is 3. The fraction of sp³-hybridized carbons (Fsp3) is 0.296. The summed E-state index contributed by atoms with van der Waals surface area (Å²) < 4.78 is 33.8. The van der Waals surface area contributed by atoms with Gasteiger partial charge >= 0.3 is 6.09 Å². The minimum atomic E-state index is -0.804. The van der Waals surface area contributed by atoms with Gasteiger partial charge in [-0.15, -0.1) is 0 Å². The highest BCUT2D eigenvalue weighted by molar-refractivity contribution is 6.08. The Labute approximate surface area is 218 Å². The van der Waals surface area contributed by atoms with Crippen molar-refractivity contribution in [2.45, 2.75) is 26.4 Å². The van der Waals surface area contributed by atoms with E-state index in [0.717, 1.165) is 12.1 Å². The summed E-state index contributed by atoms with van der Waals surface area (Å²) in [6.45, 7) is 6.53. The molecule has 1 fully saturated rings. The molecule has 4 rings (SSSR count). The summed E-state index contributed by atoms with van der Waals surface area (Å²) in [5.41, 5.74) is -0.745. The first-order chi connectivity index (χ1) is 18.0. The van der Waals surface area contributed by atoms with Crippen molar-refractivity contribution in [3.8, 4) is 11.3 Å². The van der Waals surface area contributed by atoms with Gasteiger partial charge in [0.05, 0.1) is 28.7 Å². The van der Waals surface area contributed by atoms with Gasteiger partial charge in [0.1, 0.15) is 22.9 Å². The van der Waals surface area contributed by atoms with Crippen LogP contribution >= 0.6 is 0 Å². The zero-order valence-corrected chi connectivity index (χ0v) is 21.2. The highest BCUT2D eigenvalue weighted by Gasteiger charge is 2.29. The second-order valence-electron chi connectivity index (χ2n) is 9.64. The van der Waals surface area contributed by atoms with Gasteiger partial charge in [-0.25, -0.2) is 18.6 Å². The quantitative estimate of drug-likeness (QED) is 0.545. The largest absolute Gasteiger partial charge is 0.444 e. The van der Waals surface area contributed by atoms with E-state index >= 15 is 0 Å². The van der Waals surface area contributed by atoms with E-state index in [9.17, 15) is 23.2 Å². The third-order valence-corrected chi connectivity index (χ3v) is 5.72. The molecule has 38 heavy (non-hydrogen) atoms. The molecule has 3 aromatic rings. The normalized spacial score (nSPS) is 13.7. The van der Waals surface area contributed by atoms with E-state index in [1.807, 2.05) is 0 Å². The molecule has 1 aliphatic rings. The maximum absolute atomic E-state index is 14.2. The number of carbonyl (C=O) groups excluding carboxylic acids is 3. The Hall–Kier alpha value is -4.41. The van der Waals surface area contributed by atoms with Crippen LogP contribution in [0.25, 0.3) is 11.3 Å². The molecule has 3 amide bonds. The summed E-state index contributed by atoms with van der Waals surface area (Å²) in [6.07, 6.45) is 2.33. The van der Waals surface area contributed by atoms with Crippen LogP contribution in [0.15, 0.2) is 54.9 Å². The minimum Gasteiger partial charge on any atom is -0.444 e. The summed E-state index contributed by atoms with van der Waals surface area (Å²) >= 11 is 0. The Bertz CT molecular complexity index is 1350. The summed E-state index contributed by atoms with van der Waals surface area (Å²) in [5, 5.41) is 2.62. The number of ether oxygens (including phenoxy) is 1. The smallest absolute Gasteiger partial charge is 0.410 e. The van der Waals surface area contributed by atoms with E-state index in [-0.39, 0.29) is 47.2 Å². The van der Waals surface area contributed by atoms with Crippen LogP contribution in [0.2, 0.25) is 0 Å². The van der Waals surface area contributed by atoms with Crippen LogP contribution in [0.4, 0.5) is 19.3 Å². The van der Waals surface area contributed by atoms with Crippen LogP contribution in [0.5, 0.6) is 0 Å². The fourth-order valence-electron chi connectivity index (χ4n) is 3.90. The van der Waals surface area contributed by atoms with Crippen molar-refractivity contribution in [1.29, 1.82) is 0 Å². The van der Waals surface area contributed by atoms with Gasteiger partial charge in [-0.05, 0) is 51.1 Å². The highest BCUT2D eigenvalue weighted by Crippen LogP contribution is 2.25. The third kappa shape index (κ3) is 6.10. The van der Waals surface area contributed by atoms with Gasteiger partial charge in [-0.3, -0.25) is 14.6 Å². The molecule has 0 atom stereocenters. The number of piperazine rings is 1. The molecule has 1 saturated heterocycles. The molecule has 198 valence electrons. The minimum absolute atomic E-state index is 0.0430. The molecule has 1 aliphatic heterocycles. The van der Waals surface area contributed by atoms with E-state index in [1.165, 1.54) is 42.7 Å². The summed E-state index contributed by atoms with van der Waals surface area (Å²) in [7, 11) is 0. The number of anilines is 1. The van der Waals surface area contributed by atoms with E-state index in [2.05, 4.69) is 15.3 Å². The number of benzene rings is 1. The number of halogens is 2. The van der Waals surface area contributed by atoms with E-state index in [0.29, 0.717) is 13.1 Å². The molecule has 0 saturated carbocycles. The first-order valence-electron chi connectivity index (χ1n) is 12.0. The number of hydrogen-bond donors (Lipinski definition) is 1. The van der Waals surface area contributed by atoms with Gasteiger partial charge in [0.2, 0.25) is 0 Å². The molecular formula is C27H27F2N5O4. The molecule has 9 nitrogen and oxygen atoms in total. The predicted molar refractivity (Wildman–Crippen MR) is 135 cm³/mol. The summed E-state index contributed by atoms with van der Waals surface area (Å²) in [6, 6.07) is 9.18. The number of rotatable bonds is 4. The van der Waals surface area contributed by atoms with Gasteiger partial charge in [0.15, 0.2) is 0 Å². The van der Waals surface area contributed by atoms with E-state index in [1.54, 1.807) is 30.6 Å². The van der Waals surface area contributed by atoms with E-state index in [4.69, 9.17) is 4.74 Å². The van der Waals surface area contributed by atoms with Gasteiger partial charge in [0.25, 0.3) is 11.8 Å². The van der Waals surface area contributed by atoms with Crippen LogP contribution in [-0.2, 0) is 4.74 Å². The second kappa shape index (κ2) is 10.9. The Balaban J connectivity index is 1.47. The summed E-state index contributed by atoms with van der Waals surface area (Å²) in [4.78, 5) is 49.8. The number of nitrogens with zero attached hydrogens (tertiary/aromatic N) is 4. The molecule has 0 bridgehead atoms. The average Bonchev–Trinajstić information content (AvgIpc) is 2.88. The maximum Gasteiger partial charge on any atom is 0.410 e. The van der Waals surface area contributed by atoms with Crippen molar-refractivity contribution in [3.63, 3.8) is 0 Å². The van der Waals surface area contributed by atoms with Gasteiger partial charge in [0, 0.05) is 32.4 Å². The predicted octanol–water partition coefficient (Wildman–Crippen LogP) is 4.37. The number of aromatic nitrogens is 2. The standard InChI is InChI=1S/C27H27F2N5O4/c1-27(2,3)38-26(37)34-14-12-33(13-15-34)25(36)17-10-11-30-16-22(17)32-24(35)21-9-5-8-20(31-21)23-18(28)6-4-7-19(23)29/h4-11,16H,12-15H2,1-3H3,(H,32,35). The Morgan fingerprint density at radius 3 is 2.21 bits per heavy atom. The van der Waals surface area contributed by atoms with Crippen molar-refractivity contribution < 1.29 is 27.9 Å². The van der Waals surface area contributed by atoms with Crippen molar-refractivity contribution in [1.82, 2.24) is 19.8 Å². The topological polar surface area (TPSA) is 105 Å². The molecular weight excluding hydrogens is 496 g/mol. The third-order valence-electron chi connectivity index (χ3n) is 5.72. The first kappa shape index (κ1) is 26.6. The zero-order chi connectivity index (χ0) is 27.4. The molecule has 0 radical (unpaired) electrons. The molecule has 0 aliphatic carbocycles. The first-order valence-corrected chi connectivity index (χ1v) is 12.0. The van der Waals surface area contributed by atoms with Crippen LogP contribution < -0.4 is 5.32 Å². The number of pyridine rings is 2. The monoisotopic (exact) mass is 523 g/mol. The maximum atomic E-state index is 14.2. The lowest BCUT2D eigenvalue weighted by Gasteiger charge is -2.35. The lowest BCUT2D eigenvalue weighted by molar-refractivity contribution is 0.0141. The van der Waals surface area contributed by atoms with Crippen LogP contribution in [-0.4, -0.2) is 69.5 Å². The lowest BCUT2D eigenvalue weighted by Crippen LogP contribution is -2.51. The lowest BCUT2D eigenvalue weighted by atomic mass is 10.1. The SMILES string of the molecule is CC(C)(C)OC(=O)N1CCN(C(=O)c2ccncc2NC(=O)c2cccc(-c3c(F)cccc3F)n2)CC1. The Morgan fingerprint density at radius 1 is 0.921 bits per heavy atom. The van der Waals surface area contributed by atoms with Gasteiger partial charge in [-0.2, -0.15) is 0 Å². The molecule has 1 N–H and O–H groups in total. The van der Waals surface area contributed by atoms with Gasteiger partial charge in [-0.1, -0.05) is 12.1 Å². The Kier molecular flexibility index (Phi) is 7.65. The van der Waals surface area contributed by atoms with Gasteiger partial charge < -0.3 is 19.9 Å². The average molecular weight is 524 g/mol. The number of hydrogen-bond acceptors (Lipinski definition) is 6. The Morgan fingerprint density at radius 2 is 1.55 bits per heavy atom. The summed E-state index contributed by atoms with van der Waals surface area (Å²) in [5.74, 6) is -2.63. The van der Waals surface area contributed by atoms with Crippen LogP contribution in [0, 0.1) is 11.6 Å². The second-order valence-corrected chi connectivity index (χ2v) is 9.64. The van der Waals surface area contributed by atoms with Crippen molar-refractivity contribution >= 4 is 23.6 Å². The fourth-order valence-corrected chi connectivity index (χ4v) is 3.90. The molecule has 0 spiro atoms. The van der Waals surface area contributed by atoms with Crippen LogP contribution in [0.1, 0.15) is 41.6 Å². The van der Waals surface area contributed by atoms with E-state index < -0.39 is 29.2 Å². The van der Waals surface area contributed by atoms with Crippen molar-refractivity contribution in [2.75, 3.05) is 31.5 Å². The molecule has 11 heteroatoms. The van der Waals surface area contributed by atoms with Crippen LogP contribution in [0.3, 0.4) is 0 Å². The molecule has 1 aromatic carbocycles. The molecule has 0 unspecified atom stereocenters. The molecule has 2 aromatic heterocycles. The highest BCUT2D eigenvalue weighted by atomic mass is 19.1. The number of nitrogens with one attached hydrogen (secondary N) is 1. The molecule has 3 heterocycles. The van der Waals surface area contributed by atoms with Crippen molar-refractivity contribution in [3.05, 3.63) is 77.8 Å². The van der Waals surface area contributed by atoms with Crippen molar-refractivity contribution in [2.24, 2.45) is 0 Å². The zero-order valence-electron chi connectivity index (χ0n) is 21.2.